The summed E-state index contributed by atoms with van der Waals surface area (Å²) in [5.41, 5.74) is 2.39. The Hall–Kier alpha value is -2.20. The average molecular weight is 319 g/mol. The van der Waals surface area contributed by atoms with Crippen molar-refractivity contribution in [1.82, 2.24) is 0 Å². The molecule has 4 nitrogen and oxygen atoms in total. The Balaban J connectivity index is 1.96. The van der Waals surface area contributed by atoms with Crippen molar-refractivity contribution in [3.05, 3.63) is 54.1 Å². The number of rotatable bonds is 5. The summed E-state index contributed by atoms with van der Waals surface area (Å²) in [4.78, 5) is 12.0. The number of hydrogen-bond donors (Lipinski definition) is 2. The number of carbonyl (C=O) groups is 1. The van der Waals surface area contributed by atoms with Gasteiger partial charge in [-0.1, -0.05) is 18.2 Å². The molecule has 2 amide bonds. The molecule has 0 radical (unpaired) electrons. The highest BCUT2D eigenvalue weighted by Gasteiger charge is 2.05. The van der Waals surface area contributed by atoms with Gasteiger partial charge in [-0.05, 0) is 43.7 Å². The summed E-state index contributed by atoms with van der Waals surface area (Å²) >= 11 is 6.00. The summed E-state index contributed by atoms with van der Waals surface area (Å²) in [5.74, 6) is 0.723. The van der Waals surface area contributed by atoms with Crippen molar-refractivity contribution in [3.8, 4) is 5.75 Å². The quantitative estimate of drug-likeness (QED) is 0.760. The third-order valence-electron chi connectivity index (χ3n) is 3.03. The van der Waals surface area contributed by atoms with E-state index in [9.17, 15) is 4.79 Å². The summed E-state index contributed by atoms with van der Waals surface area (Å²) < 4.78 is 5.40. The van der Waals surface area contributed by atoms with E-state index in [1.807, 2.05) is 50.2 Å². The summed E-state index contributed by atoms with van der Waals surface area (Å²) in [6.45, 7) is 4.40. The van der Waals surface area contributed by atoms with Crippen molar-refractivity contribution in [1.29, 1.82) is 0 Å². The van der Waals surface area contributed by atoms with E-state index >= 15 is 0 Å². The molecule has 5 heteroatoms. The highest BCUT2D eigenvalue weighted by Crippen LogP contribution is 2.21. The van der Waals surface area contributed by atoms with E-state index in [0.29, 0.717) is 18.0 Å². The predicted octanol–water partition coefficient (Wildman–Crippen LogP) is 5.03. The Kier molecular flexibility index (Phi) is 5.67. The highest BCUT2D eigenvalue weighted by molar-refractivity contribution is 6.20. The Morgan fingerprint density at radius 2 is 1.82 bits per heavy atom. The number of ether oxygens (including phenoxy) is 1. The zero-order valence-electron chi connectivity index (χ0n) is 12.6. The fraction of sp³-hybridized carbons (Fsp3) is 0.235. The molecule has 2 rings (SSSR count). The Morgan fingerprint density at radius 1 is 1.14 bits per heavy atom. The van der Waals surface area contributed by atoms with Crippen LogP contribution >= 0.6 is 11.6 Å². The van der Waals surface area contributed by atoms with Gasteiger partial charge in [0.05, 0.1) is 12.0 Å². The SMILES string of the molecule is CCOc1cccc(NC(=O)Nc2ccc(C(C)Cl)cc2)c1. The molecule has 0 heterocycles. The molecule has 0 aliphatic rings. The second-order valence-electron chi connectivity index (χ2n) is 4.78. The first-order valence-electron chi connectivity index (χ1n) is 7.13. The van der Waals surface area contributed by atoms with Crippen molar-refractivity contribution in [3.63, 3.8) is 0 Å². The summed E-state index contributed by atoms with van der Waals surface area (Å²) in [5, 5.41) is 5.49. The lowest BCUT2D eigenvalue weighted by molar-refractivity contribution is 0.262. The van der Waals surface area contributed by atoms with E-state index < -0.39 is 0 Å². The van der Waals surface area contributed by atoms with Crippen LogP contribution in [-0.2, 0) is 0 Å². The predicted molar refractivity (Wildman–Crippen MR) is 91.0 cm³/mol. The summed E-state index contributed by atoms with van der Waals surface area (Å²) in [6.07, 6.45) is 0. The number of anilines is 2. The van der Waals surface area contributed by atoms with Gasteiger partial charge in [0.2, 0.25) is 0 Å². The van der Waals surface area contributed by atoms with E-state index in [2.05, 4.69) is 10.6 Å². The normalized spacial score (nSPS) is 11.6. The number of carbonyl (C=O) groups excluding carboxylic acids is 1. The zero-order valence-corrected chi connectivity index (χ0v) is 13.4. The van der Waals surface area contributed by atoms with Crippen LogP contribution in [0.25, 0.3) is 0 Å². The number of urea groups is 1. The van der Waals surface area contributed by atoms with E-state index in [4.69, 9.17) is 16.3 Å². The molecule has 2 aromatic rings. The molecule has 1 unspecified atom stereocenters. The fourth-order valence-corrected chi connectivity index (χ4v) is 2.10. The Morgan fingerprint density at radius 3 is 2.45 bits per heavy atom. The van der Waals surface area contributed by atoms with E-state index in [-0.39, 0.29) is 11.4 Å². The first kappa shape index (κ1) is 16.2. The topological polar surface area (TPSA) is 50.4 Å². The van der Waals surface area contributed by atoms with Gasteiger partial charge in [0.25, 0.3) is 0 Å². The molecule has 116 valence electrons. The lowest BCUT2D eigenvalue weighted by Crippen LogP contribution is -2.19. The number of benzene rings is 2. The number of halogens is 1. The minimum absolute atomic E-state index is 0.0517. The van der Waals surface area contributed by atoms with Gasteiger partial charge in [-0.15, -0.1) is 11.6 Å². The maximum absolute atomic E-state index is 12.0. The first-order chi connectivity index (χ1) is 10.6. The second kappa shape index (κ2) is 7.71. The van der Waals surface area contributed by atoms with E-state index in [0.717, 1.165) is 11.3 Å². The zero-order chi connectivity index (χ0) is 15.9. The van der Waals surface area contributed by atoms with Gasteiger partial charge in [-0.3, -0.25) is 0 Å². The van der Waals surface area contributed by atoms with Crippen molar-refractivity contribution in [2.24, 2.45) is 0 Å². The van der Waals surface area contributed by atoms with Crippen molar-refractivity contribution in [2.45, 2.75) is 19.2 Å². The van der Waals surface area contributed by atoms with Crippen LogP contribution in [0.2, 0.25) is 0 Å². The molecule has 0 saturated carbocycles. The number of alkyl halides is 1. The minimum atomic E-state index is -0.305. The lowest BCUT2D eigenvalue weighted by Gasteiger charge is -2.10. The van der Waals surface area contributed by atoms with E-state index in [1.165, 1.54) is 0 Å². The van der Waals surface area contributed by atoms with Crippen LogP contribution in [0.5, 0.6) is 5.75 Å². The van der Waals surface area contributed by atoms with Crippen molar-refractivity contribution in [2.75, 3.05) is 17.2 Å². The Bertz CT molecular complexity index is 627. The monoisotopic (exact) mass is 318 g/mol. The van der Waals surface area contributed by atoms with Gasteiger partial charge >= 0.3 is 6.03 Å². The third-order valence-corrected chi connectivity index (χ3v) is 3.28. The van der Waals surface area contributed by atoms with Crippen LogP contribution in [0.15, 0.2) is 48.5 Å². The standard InChI is InChI=1S/C17H19ClN2O2/c1-3-22-16-6-4-5-15(11-16)20-17(21)19-14-9-7-13(8-10-14)12(2)18/h4-12H,3H2,1-2H3,(H2,19,20,21). The van der Waals surface area contributed by atoms with Crippen LogP contribution in [-0.4, -0.2) is 12.6 Å². The maximum Gasteiger partial charge on any atom is 0.323 e. The maximum atomic E-state index is 12.0. The molecule has 0 spiro atoms. The van der Waals surface area contributed by atoms with E-state index in [1.54, 1.807) is 12.1 Å². The van der Waals surface area contributed by atoms with Gasteiger partial charge in [-0.2, -0.15) is 0 Å². The molecular formula is C17H19ClN2O2. The molecule has 0 bridgehead atoms. The average Bonchev–Trinajstić information content (AvgIpc) is 2.48. The Labute approximate surface area is 135 Å². The van der Waals surface area contributed by atoms with Gasteiger partial charge in [0.1, 0.15) is 5.75 Å². The molecule has 1 atom stereocenters. The molecule has 22 heavy (non-hydrogen) atoms. The first-order valence-corrected chi connectivity index (χ1v) is 7.57. The molecular weight excluding hydrogens is 300 g/mol. The number of amides is 2. The number of hydrogen-bond acceptors (Lipinski definition) is 2. The number of nitrogens with one attached hydrogen (secondary N) is 2. The van der Waals surface area contributed by atoms with Gasteiger partial charge in [0.15, 0.2) is 0 Å². The molecule has 2 N–H and O–H groups in total. The molecule has 0 fully saturated rings. The fourth-order valence-electron chi connectivity index (χ4n) is 1.96. The smallest absolute Gasteiger partial charge is 0.323 e. The van der Waals surface area contributed by atoms with Crippen LogP contribution in [0.4, 0.5) is 16.2 Å². The molecule has 2 aromatic carbocycles. The molecule has 0 aliphatic heterocycles. The van der Waals surface area contributed by atoms with Gasteiger partial charge in [-0.25, -0.2) is 4.79 Å². The third kappa shape index (κ3) is 4.67. The lowest BCUT2D eigenvalue weighted by atomic mass is 10.1. The van der Waals surface area contributed by atoms with Gasteiger partial charge < -0.3 is 15.4 Å². The summed E-state index contributed by atoms with van der Waals surface area (Å²) in [7, 11) is 0. The second-order valence-corrected chi connectivity index (χ2v) is 5.43. The molecule has 0 aliphatic carbocycles. The molecule has 0 saturated heterocycles. The van der Waals surface area contributed by atoms with Crippen LogP contribution < -0.4 is 15.4 Å². The minimum Gasteiger partial charge on any atom is -0.494 e. The molecule has 0 aromatic heterocycles. The van der Waals surface area contributed by atoms with Crippen molar-refractivity contribution >= 4 is 29.0 Å². The highest BCUT2D eigenvalue weighted by atomic mass is 35.5. The van der Waals surface area contributed by atoms with Crippen molar-refractivity contribution < 1.29 is 9.53 Å². The van der Waals surface area contributed by atoms with Crippen LogP contribution in [0, 0.1) is 0 Å². The van der Waals surface area contributed by atoms with Gasteiger partial charge in [0, 0.05) is 17.4 Å². The largest absolute Gasteiger partial charge is 0.494 e. The van der Waals surface area contributed by atoms with Crippen LogP contribution in [0.3, 0.4) is 0 Å². The summed E-state index contributed by atoms with van der Waals surface area (Å²) in [6, 6.07) is 14.4. The van der Waals surface area contributed by atoms with Crippen LogP contribution in [0.1, 0.15) is 24.8 Å².